The third kappa shape index (κ3) is 4.87. The number of rotatable bonds is 7. The number of hydrogen-bond donors (Lipinski definition) is 1. The Morgan fingerprint density at radius 1 is 1.17 bits per heavy atom. The second-order valence-electron chi connectivity index (χ2n) is 4.82. The van der Waals surface area contributed by atoms with Gasteiger partial charge in [-0.1, -0.05) is 42.3 Å². The molecule has 0 aliphatic rings. The molecule has 0 radical (unpaired) electrons. The van der Waals surface area contributed by atoms with E-state index in [1.54, 1.807) is 12.1 Å². The molecule has 24 heavy (non-hydrogen) atoms. The molecule has 0 aliphatic carbocycles. The van der Waals surface area contributed by atoms with Crippen LogP contribution in [0.2, 0.25) is 10.0 Å². The minimum Gasteiger partial charge on any atom is -0.493 e. The lowest BCUT2D eigenvalue weighted by atomic mass is 10.2. The molecule has 0 aliphatic heterocycles. The summed E-state index contributed by atoms with van der Waals surface area (Å²) in [6, 6.07) is 11.3. The fourth-order valence-corrected chi connectivity index (χ4v) is 2.97. The lowest BCUT2D eigenvalue weighted by molar-refractivity contribution is 0.317. The molecule has 0 heterocycles. The first-order valence-corrected chi connectivity index (χ1v) is 9.39. The average Bonchev–Trinajstić information content (AvgIpc) is 2.56. The SMILES string of the molecule is CCCOc1ccccc1/C=N/NS(=O)(=O)c1ccc(Cl)c(Cl)c1. The monoisotopic (exact) mass is 386 g/mol. The van der Waals surface area contributed by atoms with Crippen LogP contribution < -0.4 is 9.57 Å². The summed E-state index contributed by atoms with van der Waals surface area (Å²) < 4.78 is 30.0. The maximum atomic E-state index is 12.2. The second-order valence-corrected chi connectivity index (χ2v) is 7.29. The number of hydrazone groups is 1. The molecule has 2 rings (SSSR count). The van der Waals surface area contributed by atoms with Crippen molar-refractivity contribution in [2.24, 2.45) is 5.10 Å². The first-order valence-electron chi connectivity index (χ1n) is 7.16. The lowest BCUT2D eigenvalue weighted by Crippen LogP contribution is -2.18. The molecule has 0 bridgehead atoms. The highest BCUT2D eigenvalue weighted by Gasteiger charge is 2.14. The molecule has 0 atom stereocenters. The number of hydrogen-bond acceptors (Lipinski definition) is 4. The average molecular weight is 387 g/mol. The Labute approximate surface area is 151 Å². The molecule has 0 aromatic heterocycles. The van der Waals surface area contributed by atoms with Gasteiger partial charge in [-0.3, -0.25) is 0 Å². The predicted molar refractivity (Wildman–Crippen MR) is 96.6 cm³/mol. The smallest absolute Gasteiger partial charge is 0.276 e. The van der Waals surface area contributed by atoms with Crippen molar-refractivity contribution in [2.75, 3.05) is 6.61 Å². The van der Waals surface area contributed by atoms with Gasteiger partial charge in [-0.25, -0.2) is 4.83 Å². The maximum Gasteiger partial charge on any atom is 0.276 e. The number of ether oxygens (including phenoxy) is 1. The van der Waals surface area contributed by atoms with E-state index in [4.69, 9.17) is 27.9 Å². The Kier molecular flexibility index (Phi) is 6.48. The zero-order valence-electron chi connectivity index (χ0n) is 12.9. The Morgan fingerprint density at radius 3 is 2.62 bits per heavy atom. The van der Waals surface area contributed by atoms with Crippen LogP contribution in [0.3, 0.4) is 0 Å². The summed E-state index contributed by atoms with van der Waals surface area (Å²) in [6.45, 7) is 2.57. The van der Waals surface area contributed by atoms with Gasteiger partial charge in [-0.2, -0.15) is 13.5 Å². The number of sulfonamides is 1. The van der Waals surface area contributed by atoms with Crippen molar-refractivity contribution < 1.29 is 13.2 Å². The minimum absolute atomic E-state index is 0.0235. The molecule has 0 saturated heterocycles. The van der Waals surface area contributed by atoms with Gasteiger partial charge in [0.15, 0.2) is 0 Å². The summed E-state index contributed by atoms with van der Waals surface area (Å²) in [5, 5.41) is 4.22. The van der Waals surface area contributed by atoms with Crippen LogP contribution in [0.4, 0.5) is 0 Å². The third-order valence-electron chi connectivity index (χ3n) is 2.96. The Balaban J connectivity index is 2.14. The van der Waals surface area contributed by atoms with Crippen molar-refractivity contribution in [3.05, 3.63) is 58.1 Å². The fourth-order valence-electron chi connectivity index (χ4n) is 1.79. The third-order valence-corrected chi connectivity index (χ3v) is 4.92. The highest BCUT2D eigenvalue weighted by Crippen LogP contribution is 2.24. The molecule has 0 unspecified atom stereocenters. The molecule has 5 nitrogen and oxygen atoms in total. The molecule has 8 heteroatoms. The molecular weight excluding hydrogens is 371 g/mol. The largest absolute Gasteiger partial charge is 0.493 e. The summed E-state index contributed by atoms with van der Waals surface area (Å²) in [4.78, 5) is 2.11. The molecular formula is C16H16Cl2N2O3S. The van der Waals surface area contributed by atoms with Gasteiger partial charge in [0.2, 0.25) is 0 Å². The van der Waals surface area contributed by atoms with Gasteiger partial charge in [-0.05, 0) is 36.8 Å². The summed E-state index contributed by atoms with van der Waals surface area (Å²) in [6.07, 6.45) is 2.26. The Morgan fingerprint density at radius 2 is 1.92 bits per heavy atom. The van der Waals surface area contributed by atoms with Gasteiger partial charge in [0.1, 0.15) is 5.75 Å². The van der Waals surface area contributed by atoms with E-state index in [1.165, 1.54) is 24.4 Å². The normalized spacial score (nSPS) is 11.6. The van der Waals surface area contributed by atoms with Crippen LogP contribution in [0.25, 0.3) is 0 Å². The molecule has 2 aromatic rings. The van der Waals surface area contributed by atoms with Gasteiger partial charge < -0.3 is 4.74 Å². The predicted octanol–water partition coefficient (Wildman–Crippen LogP) is 4.09. The second kappa shape index (κ2) is 8.37. The molecule has 128 valence electrons. The molecule has 0 amide bonds. The maximum absolute atomic E-state index is 12.2. The standard InChI is InChI=1S/C16H16Cl2N2O3S/c1-2-9-23-16-6-4-3-5-12(16)11-19-20-24(21,22)13-7-8-14(17)15(18)10-13/h3-8,10-11,20H,2,9H2,1H3/b19-11+. The molecule has 0 fully saturated rings. The van der Waals surface area contributed by atoms with Crippen molar-refractivity contribution in [2.45, 2.75) is 18.2 Å². The quantitative estimate of drug-likeness (QED) is 0.575. The van der Waals surface area contributed by atoms with Gasteiger partial charge in [0, 0.05) is 5.56 Å². The van der Waals surface area contributed by atoms with Crippen molar-refractivity contribution in [3.63, 3.8) is 0 Å². The van der Waals surface area contributed by atoms with Crippen LogP contribution in [0.1, 0.15) is 18.9 Å². The number of nitrogens with zero attached hydrogens (tertiary/aromatic N) is 1. The highest BCUT2D eigenvalue weighted by molar-refractivity contribution is 7.89. The summed E-state index contributed by atoms with van der Waals surface area (Å²) in [5.74, 6) is 0.636. The van der Waals surface area contributed by atoms with Gasteiger partial charge >= 0.3 is 0 Å². The Bertz CT molecular complexity index is 839. The van der Waals surface area contributed by atoms with Gasteiger partial charge in [-0.15, -0.1) is 0 Å². The molecule has 2 aromatic carbocycles. The lowest BCUT2D eigenvalue weighted by Gasteiger charge is -2.08. The van der Waals surface area contributed by atoms with Crippen LogP contribution in [0, 0.1) is 0 Å². The number of nitrogens with one attached hydrogen (secondary N) is 1. The van der Waals surface area contributed by atoms with E-state index in [0.29, 0.717) is 17.9 Å². The van der Waals surface area contributed by atoms with E-state index in [-0.39, 0.29) is 14.9 Å². The summed E-state index contributed by atoms with van der Waals surface area (Å²) >= 11 is 11.6. The number of halogens is 2. The van der Waals surface area contributed by atoms with Crippen molar-refractivity contribution in [3.8, 4) is 5.75 Å². The van der Waals surface area contributed by atoms with Crippen LogP contribution in [-0.4, -0.2) is 21.2 Å². The molecule has 0 spiro atoms. The van der Waals surface area contributed by atoms with E-state index in [9.17, 15) is 8.42 Å². The van der Waals surface area contributed by atoms with E-state index < -0.39 is 10.0 Å². The van der Waals surface area contributed by atoms with Gasteiger partial charge in [0.05, 0.1) is 27.8 Å². The van der Waals surface area contributed by atoms with E-state index in [0.717, 1.165) is 6.42 Å². The van der Waals surface area contributed by atoms with E-state index in [1.807, 2.05) is 19.1 Å². The summed E-state index contributed by atoms with van der Waals surface area (Å²) in [5.41, 5.74) is 0.669. The van der Waals surface area contributed by atoms with Crippen LogP contribution in [-0.2, 0) is 10.0 Å². The van der Waals surface area contributed by atoms with Crippen LogP contribution in [0.15, 0.2) is 52.5 Å². The van der Waals surface area contributed by atoms with Crippen LogP contribution in [0.5, 0.6) is 5.75 Å². The Hall–Kier alpha value is -1.76. The van der Waals surface area contributed by atoms with Gasteiger partial charge in [0.25, 0.3) is 10.0 Å². The van der Waals surface area contributed by atoms with Crippen molar-refractivity contribution in [1.29, 1.82) is 0 Å². The highest BCUT2D eigenvalue weighted by atomic mass is 35.5. The first-order chi connectivity index (χ1) is 11.4. The molecule has 0 saturated carbocycles. The topological polar surface area (TPSA) is 67.8 Å². The minimum atomic E-state index is -3.83. The van der Waals surface area contributed by atoms with E-state index in [2.05, 4.69) is 9.93 Å². The van der Waals surface area contributed by atoms with E-state index >= 15 is 0 Å². The molecule has 1 N–H and O–H groups in total. The zero-order chi connectivity index (χ0) is 17.6. The first kappa shape index (κ1) is 18.6. The number of benzene rings is 2. The summed E-state index contributed by atoms with van der Waals surface area (Å²) in [7, 11) is -3.83. The van der Waals surface area contributed by atoms with Crippen molar-refractivity contribution in [1.82, 2.24) is 4.83 Å². The van der Waals surface area contributed by atoms with Crippen molar-refractivity contribution >= 4 is 39.4 Å². The number of para-hydroxylation sites is 1. The fraction of sp³-hybridized carbons (Fsp3) is 0.188. The zero-order valence-corrected chi connectivity index (χ0v) is 15.2. The van der Waals surface area contributed by atoms with Crippen LogP contribution >= 0.6 is 23.2 Å².